The van der Waals surface area contributed by atoms with Gasteiger partial charge in [0, 0.05) is 41.0 Å². The van der Waals surface area contributed by atoms with Gasteiger partial charge in [0.25, 0.3) is 5.56 Å². The first-order valence-corrected chi connectivity index (χ1v) is 13.7. The second kappa shape index (κ2) is 12.0. The molecule has 3 heterocycles. The zero-order chi connectivity index (χ0) is 27.2. The monoisotopic (exact) mass is 543 g/mol. The van der Waals surface area contributed by atoms with E-state index in [1.54, 1.807) is 6.07 Å². The van der Waals surface area contributed by atoms with Crippen molar-refractivity contribution in [1.82, 2.24) is 24.5 Å². The molecule has 0 aliphatic heterocycles. The van der Waals surface area contributed by atoms with Crippen LogP contribution in [0.2, 0.25) is 0 Å². The Balaban J connectivity index is 1.19. The molecule has 0 radical (unpaired) electrons. The quantitative estimate of drug-likeness (QED) is 0.264. The van der Waals surface area contributed by atoms with Crippen molar-refractivity contribution in [3.05, 3.63) is 88.3 Å². The molecule has 0 aliphatic carbocycles. The highest BCUT2D eigenvalue weighted by molar-refractivity contribution is 7.15. The highest BCUT2D eigenvalue weighted by Crippen LogP contribution is 2.26. The van der Waals surface area contributed by atoms with E-state index in [9.17, 15) is 9.59 Å². The lowest BCUT2D eigenvalue weighted by Gasteiger charge is -2.09. The van der Waals surface area contributed by atoms with Gasteiger partial charge in [-0.25, -0.2) is 9.67 Å². The molecule has 0 aliphatic rings. The van der Waals surface area contributed by atoms with E-state index >= 15 is 0 Å². The van der Waals surface area contributed by atoms with Gasteiger partial charge in [-0.15, -0.1) is 11.3 Å². The molecule has 1 N–H and O–H groups in total. The number of aromatic nitrogens is 4. The minimum atomic E-state index is -0.223. The molecule has 10 heteroatoms. The summed E-state index contributed by atoms with van der Waals surface area (Å²) in [7, 11) is 0. The van der Waals surface area contributed by atoms with Gasteiger partial charge in [-0.2, -0.15) is 5.10 Å². The SMILES string of the molecule is CCOc1ccc(-c2cn3c(CC(=O)NCCn4nc(-c5ccc(OCC)cc5)ccc4=O)csc3n2)cc1. The van der Waals surface area contributed by atoms with Crippen LogP contribution in [-0.2, 0) is 17.8 Å². The number of rotatable bonds is 11. The molecule has 9 nitrogen and oxygen atoms in total. The predicted molar refractivity (Wildman–Crippen MR) is 151 cm³/mol. The molecule has 3 aromatic heterocycles. The number of nitrogens with one attached hydrogen (secondary N) is 1. The number of carbonyl (C=O) groups is 1. The van der Waals surface area contributed by atoms with Gasteiger partial charge in [0.05, 0.1) is 37.6 Å². The van der Waals surface area contributed by atoms with Crippen molar-refractivity contribution >= 4 is 22.2 Å². The minimum Gasteiger partial charge on any atom is -0.494 e. The topological polar surface area (TPSA) is 99.8 Å². The van der Waals surface area contributed by atoms with Gasteiger partial charge in [-0.1, -0.05) is 0 Å². The standard InChI is InChI=1S/C29H29N5O4S/c1-3-37-23-9-5-20(6-10-23)25-13-14-28(36)34(32-25)16-15-30-27(35)17-22-19-39-29-31-26(18-33(22)29)21-7-11-24(12-8-21)38-4-2/h5-14,18-19H,3-4,15-17H2,1-2H3,(H,30,35). The summed E-state index contributed by atoms with van der Waals surface area (Å²) in [5.74, 6) is 1.46. The van der Waals surface area contributed by atoms with Gasteiger partial charge in [0.1, 0.15) is 11.5 Å². The van der Waals surface area contributed by atoms with E-state index in [-0.39, 0.29) is 31.0 Å². The molecular weight excluding hydrogens is 514 g/mol. The van der Waals surface area contributed by atoms with Gasteiger partial charge in [-0.3, -0.25) is 14.0 Å². The van der Waals surface area contributed by atoms with Crippen molar-refractivity contribution < 1.29 is 14.3 Å². The number of amides is 1. The first kappa shape index (κ1) is 26.2. The third kappa shape index (κ3) is 6.18. The maximum Gasteiger partial charge on any atom is 0.266 e. The number of imidazole rings is 1. The van der Waals surface area contributed by atoms with Gasteiger partial charge < -0.3 is 14.8 Å². The predicted octanol–water partition coefficient (Wildman–Crippen LogP) is 4.44. The van der Waals surface area contributed by atoms with E-state index in [1.807, 2.05) is 78.4 Å². The average molecular weight is 544 g/mol. The van der Waals surface area contributed by atoms with Crippen molar-refractivity contribution in [3.63, 3.8) is 0 Å². The van der Waals surface area contributed by atoms with Crippen LogP contribution in [0.25, 0.3) is 27.5 Å². The van der Waals surface area contributed by atoms with Crippen LogP contribution in [0.15, 0.2) is 77.0 Å². The van der Waals surface area contributed by atoms with Crippen LogP contribution in [-0.4, -0.2) is 44.8 Å². The van der Waals surface area contributed by atoms with Crippen molar-refractivity contribution in [2.75, 3.05) is 19.8 Å². The number of hydrogen-bond acceptors (Lipinski definition) is 7. The van der Waals surface area contributed by atoms with Crippen LogP contribution >= 0.6 is 11.3 Å². The zero-order valence-corrected chi connectivity index (χ0v) is 22.6. The number of fused-ring (bicyclic) bond motifs is 1. The van der Waals surface area contributed by atoms with E-state index < -0.39 is 0 Å². The van der Waals surface area contributed by atoms with Crippen molar-refractivity contribution in [1.29, 1.82) is 0 Å². The Morgan fingerprint density at radius 1 is 0.897 bits per heavy atom. The van der Waals surface area contributed by atoms with E-state index in [0.29, 0.717) is 18.9 Å². The van der Waals surface area contributed by atoms with E-state index in [1.165, 1.54) is 22.1 Å². The number of thiazole rings is 1. The number of hydrogen-bond donors (Lipinski definition) is 1. The molecule has 200 valence electrons. The number of carbonyl (C=O) groups excluding carboxylic acids is 1. The molecule has 0 unspecified atom stereocenters. The number of benzene rings is 2. The molecule has 5 rings (SSSR count). The van der Waals surface area contributed by atoms with Gasteiger partial charge >= 0.3 is 0 Å². The highest BCUT2D eigenvalue weighted by atomic mass is 32.1. The van der Waals surface area contributed by atoms with E-state index in [4.69, 9.17) is 14.5 Å². The molecule has 0 saturated heterocycles. The second-order valence-corrected chi connectivity index (χ2v) is 9.56. The summed E-state index contributed by atoms with van der Waals surface area (Å²) < 4.78 is 14.3. The molecular formula is C29H29N5O4S. The summed E-state index contributed by atoms with van der Waals surface area (Å²) in [4.78, 5) is 30.6. The summed E-state index contributed by atoms with van der Waals surface area (Å²) in [5, 5.41) is 9.31. The molecule has 2 aromatic carbocycles. The fourth-order valence-electron chi connectivity index (χ4n) is 4.16. The van der Waals surface area contributed by atoms with Gasteiger partial charge in [0.15, 0.2) is 4.96 Å². The Kier molecular flexibility index (Phi) is 8.02. The first-order chi connectivity index (χ1) is 19.0. The Bertz CT molecular complexity index is 1620. The molecule has 5 aromatic rings. The molecule has 0 saturated carbocycles. The zero-order valence-electron chi connectivity index (χ0n) is 21.8. The lowest BCUT2D eigenvalue weighted by molar-refractivity contribution is -0.120. The van der Waals surface area contributed by atoms with E-state index in [2.05, 4.69) is 10.4 Å². The lowest BCUT2D eigenvalue weighted by atomic mass is 10.1. The Morgan fingerprint density at radius 2 is 1.54 bits per heavy atom. The van der Waals surface area contributed by atoms with Crippen molar-refractivity contribution in [2.24, 2.45) is 0 Å². The van der Waals surface area contributed by atoms with E-state index in [0.717, 1.165) is 39.0 Å². The normalized spacial score (nSPS) is 11.0. The van der Waals surface area contributed by atoms with Crippen LogP contribution in [0.1, 0.15) is 19.5 Å². The summed E-state index contributed by atoms with van der Waals surface area (Å²) >= 11 is 1.49. The lowest BCUT2D eigenvalue weighted by Crippen LogP contribution is -2.32. The highest BCUT2D eigenvalue weighted by Gasteiger charge is 2.13. The van der Waals surface area contributed by atoms with Crippen LogP contribution < -0.4 is 20.3 Å². The van der Waals surface area contributed by atoms with Gasteiger partial charge in [0.2, 0.25) is 5.91 Å². The van der Waals surface area contributed by atoms with Crippen molar-refractivity contribution in [2.45, 2.75) is 26.8 Å². The molecule has 39 heavy (non-hydrogen) atoms. The summed E-state index contributed by atoms with van der Waals surface area (Å²) in [6.07, 6.45) is 2.15. The van der Waals surface area contributed by atoms with Gasteiger partial charge in [-0.05, 0) is 68.4 Å². The third-order valence-corrected chi connectivity index (χ3v) is 6.95. The number of ether oxygens (including phenoxy) is 2. The number of nitrogens with zero attached hydrogens (tertiary/aromatic N) is 4. The second-order valence-electron chi connectivity index (χ2n) is 8.73. The van der Waals surface area contributed by atoms with Crippen LogP contribution in [0.4, 0.5) is 0 Å². The largest absolute Gasteiger partial charge is 0.494 e. The third-order valence-electron chi connectivity index (χ3n) is 6.06. The Morgan fingerprint density at radius 3 is 2.18 bits per heavy atom. The molecule has 0 fully saturated rings. The fourth-order valence-corrected chi connectivity index (χ4v) is 5.04. The van der Waals surface area contributed by atoms with Crippen molar-refractivity contribution in [3.8, 4) is 34.0 Å². The summed E-state index contributed by atoms with van der Waals surface area (Å²) in [5.41, 5.74) is 4.00. The Labute approximate surface area is 229 Å². The first-order valence-electron chi connectivity index (χ1n) is 12.8. The van der Waals surface area contributed by atoms with Crippen LogP contribution in [0.5, 0.6) is 11.5 Å². The Hall–Kier alpha value is -4.44. The molecule has 0 spiro atoms. The maximum absolute atomic E-state index is 12.7. The average Bonchev–Trinajstić information content (AvgIpc) is 3.53. The molecule has 0 bridgehead atoms. The summed E-state index contributed by atoms with van der Waals surface area (Å²) in [6, 6.07) is 18.5. The molecule has 1 amide bonds. The smallest absolute Gasteiger partial charge is 0.266 e. The fraction of sp³-hybridized carbons (Fsp3) is 0.241. The minimum absolute atomic E-state index is 0.137. The van der Waals surface area contributed by atoms with Crippen LogP contribution in [0.3, 0.4) is 0 Å². The molecule has 0 atom stereocenters. The van der Waals surface area contributed by atoms with Crippen LogP contribution in [0, 0.1) is 0 Å². The summed E-state index contributed by atoms with van der Waals surface area (Å²) in [6.45, 7) is 5.65. The maximum atomic E-state index is 12.7.